The van der Waals surface area contributed by atoms with Gasteiger partial charge in [-0.15, -0.1) is 0 Å². The average Bonchev–Trinajstić information content (AvgIpc) is 2.97. The average molecular weight is 633 g/mol. The third-order valence-corrected chi connectivity index (χ3v) is 7.45. The molecule has 4 atom stereocenters. The van der Waals surface area contributed by atoms with Crippen molar-refractivity contribution in [2.75, 3.05) is 32.8 Å². The first-order valence-corrected chi connectivity index (χ1v) is 15.9. The molecule has 13 nitrogen and oxygen atoms in total. The number of aliphatic hydroxyl groups excluding tert-OH is 1. The lowest BCUT2D eigenvalue weighted by atomic mass is 10.0. The van der Waals surface area contributed by atoms with E-state index < -0.39 is 42.0 Å². The molecule has 0 fully saturated rings. The second-order valence-electron chi connectivity index (χ2n) is 12.4. The fourth-order valence-corrected chi connectivity index (χ4v) is 4.81. The highest BCUT2D eigenvalue weighted by atomic mass is 16.5. The van der Waals surface area contributed by atoms with Crippen molar-refractivity contribution in [3.8, 4) is 5.75 Å². The van der Waals surface area contributed by atoms with Gasteiger partial charge >= 0.3 is 0 Å². The molecule has 0 aromatic heterocycles. The quantitative estimate of drug-likeness (QED) is 0.266. The van der Waals surface area contributed by atoms with E-state index in [-0.39, 0.29) is 43.2 Å². The van der Waals surface area contributed by atoms with Crippen LogP contribution in [0.1, 0.15) is 65.9 Å². The summed E-state index contributed by atoms with van der Waals surface area (Å²) in [5.74, 6) is -1.61. The maximum absolute atomic E-state index is 13.3. The number of amides is 5. The van der Waals surface area contributed by atoms with Crippen molar-refractivity contribution in [3.63, 3.8) is 0 Å². The summed E-state index contributed by atoms with van der Waals surface area (Å²) < 4.78 is 5.63. The normalized spacial score (nSPS) is 21.8. The second-order valence-corrected chi connectivity index (χ2v) is 12.4. The molecule has 1 aliphatic heterocycles. The highest BCUT2D eigenvalue weighted by Crippen LogP contribution is 2.15. The Labute approximate surface area is 266 Å². The Hall–Kier alpha value is -3.71. The zero-order valence-corrected chi connectivity index (χ0v) is 27.3. The number of carbonyl (C=O) groups excluding carboxylic acids is 5. The van der Waals surface area contributed by atoms with E-state index in [0.717, 1.165) is 0 Å². The summed E-state index contributed by atoms with van der Waals surface area (Å²) in [5, 5.41) is 21.2. The van der Waals surface area contributed by atoms with Gasteiger partial charge in [0.1, 0.15) is 17.8 Å². The summed E-state index contributed by atoms with van der Waals surface area (Å²) in [5.41, 5.74) is 6.76. The number of rotatable bonds is 5. The van der Waals surface area contributed by atoms with Crippen molar-refractivity contribution in [2.45, 2.75) is 91.0 Å². The molecule has 0 saturated heterocycles. The fourth-order valence-electron chi connectivity index (χ4n) is 4.81. The molecule has 0 spiro atoms. The molecule has 2 rings (SSSR count). The number of benzene rings is 1. The van der Waals surface area contributed by atoms with Crippen molar-refractivity contribution in [1.29, 1.82) is 0 Å². The lowest BCUT2D eigenvalue weighted by Gasteiger charge is -2.28. The summed E-state index contributed by atoms with van der Waals surface area (Å²) in [4.78, 5) is 66.3. The zero-order valence-electron chi connectivity index (χ0n) is 27.3. The van der Waals surface area contributed by atoms with Crippen LogP contribution >= 0.6 is 0 Å². The van der Waals surface area contributed by atoms with Gasteiger partial charge < -0.3 is 41.7 Å². The van der Waals surface area contributed by atoms with E-state index in [1.807, 2.05) is 27.7 Å². The van der Waals surface area contributed by atoms with E-state index in [9.17, 15) is 29.1 Å². The van der Waals surface area contributed by atoms with Gasteiger partial charge in [-0.2, -0.15) is 0 Å². The zero-order chi connectivity index (χ0) is 33.5. The van der Waals surface area contributed by atoms with Crippen LogP contribution in [-0.4, -0.2) is 96.6 Å². The third-order valence-electron chi connectivity index (χ3n) is 7.45. The van der Waals surface area contributed by atoms with Crippen LogP contribution in [0.25, 0.3) is 0 Å². The first-order valence-electron chi connectivity index (χ1n) is 15.9. The van der Waals surface area contributed by atoms with Crippen LogP contribution in [0.3, 0.4) is 0 Å². The van der Waals surface area contributed by atoms with Crippen LogP contribution in [0, 0.1) is 11.8 Å². The highest BCUT2D eigenvalue weighted by molar-refractivity contribution is 5.92. The number of hydrogen-bond acceptors (Lipinski definition) is 8. The van der Waals surface area contributed by atoms with E-state index in [2.05, 4.69) is 21.3 Å². The van der Waals surface area contributed by atoms with Crippen LogP contribution < -0.4 is 31.7 Å². The number of carbonyl (C=O) groups is 5. The van der Waals surface area contributed by atoms with Gasteiger partial charge in [-0.25, -0.2) is 0 Å². The molecule has 5 amide bonds. The van der Waals surface area contributed by atoms with E-state index in [1.165, 1.54) is 6.92 Å². The first-order chi connectivity index (χ1) is 21.3. The fraction of sp³-hybridized carbons (Fsp3) is 0.656. The topological polar surface area (TPSA) is 192 Å². The van der Waals surface area contributed by atoms with Crippen molar-refractivity contribution in [1.82, 2.24) is 26.2 Å². The lowest BCUT2D eigenvalue weighted by Crippen LogP contribution is -2.57. The van der Waals surface area contributed by atoms with E-state index in [4.69, 9.17) is 10.5 Å². The number of ether oxygens (including phenoxy) is 1. The van der Waals surface area contributed by atoms with Crippen LogP contribution in [0.4, 0.5) is 0 Å². The highest BCUT2D eigenvalue weighted by Gasteiger charge is 2.30. The molecule has 1 aromatic rings. The minimum Gasteiger partial charge on any atom is -0.484 e. The van der Waals surface area contributed by atoms with Crippen LogP contribution in [0.2, 0.25) is 0 Å². The number of nitrogens with two attached hydrogens (primary N) is 1. The minimum absolute atomic E-state index is 0.0404. The Morgan fingerprint density at radius 1 is 0.956 bits per heavy atom. The van der Waals surface area contributed by atoms with E-state index in [1.54, 1.807) is 29.2 Å². The Morgan fingerprint density at radius 2 is 1.64 bits per heavy atom. The number of aliphatic hydroxyl groups is 1. The Morgan fingerprint density at radius 3 is 2.31 bits per heavy atom. The van der Waals surface area contributed by atoms with Crippen molar-refractivity contribution in [3.05, 3.63) is 29.8 Å². The number of fused-ring (bicyclic) bond motifs is 2. The minimum atomic E-state index is -1.22. The smallest absolute Gasteiger partial charge is 0.257 e. The van der Waals surface area contributed by atoms with Crippen molar-refractivity contribution in [2.24, 2.45) is 17.6 Å². The van der Waals surface area contributed by atoms with Crippen LogP contribution in [0.5, 0.6) is 5.75 Å². The monoisotopic (exact) mass is 632 g/mol. The van der Waals surface area contributed by atoms with Gasteiger partial charge in [-0.3, -0.25) is 24.0 Å². The molecule has 2 bridgehead atoms. The van der Waals surface area contributed by atoms with E-state index in [0.29, 0.717) is 56.6 Å². The Balaban J connectivity index is 2.24. The Kier molecular flexibility index (Phi) is 15.8. The maximum Gasteiger partial charge on any atom is 0.257 e. The number of nitrogens with zero attached hydrogens (tertiary/aromatic N) is 1. The van der Waals surface area contributed by atoms with Gasteiger partial charge in [0.2, 0.25) is 23.6 Å². The molecule has 1 heterocycles. The van der Waals surface area contributed by atoms with Crippen molar-refractivity contribution >= 4 is 29.5 Å². The largest absolute Gasteiger partial charge is 0.484 e. The lowest BCUT2D eigenvalue weighted by molar-refractivity contribution is -0.134. The number of nitrogens with one attached hydrogen (secondary N) is 4. The molecule has 7 N–H and O–H groups in total. The summed E-state index contributed by atoms with van der Waals surface area (Å²) in [7, 11) is 0. The van der Waals surface area contributed by atoms with Crippen LogP contribution in [0.15, 0.2) is 24.3 Å². The summed E-state index contributed by atoms with van der Waals surface area (Å²) >= 11 is 0. The summed E-state index contributed by atoms with van der Waals surface area (Å²) in [6.45, 7) is 10.2. The molecular weight excluding hydrogens is 580 g/mol. The molecule has 0 radical (unpaired) electrons. The molecule has 45 heavy (non-hydrogen) atoms. The Bertz CT molecular complexity index is 1140. The van der Waals surface area contributed by atoms with Gasteiger partial charge in [0, 0.05) is 26.2 Å². The second kappa shape index (κ2) is 18.9. The van der Waals surface area contributed by atoms with Gasteiger partial charge in [-0.05, 0) is 62.1 Å². The van der Waals surface area contributed by atoms with Crippen LogP contribution in [-0.2, 0) is 30.4 Å². The van der Waals surface area contributed by atoms with Gasteiger partial charge in [0.25, 0.3) is 5.91 Å². The van der Waals surface area contributed by atoms with E-state index >= 15 is 0 Å². The van der Waals surface area contributed by atoms with Gasteiger partial charge in [0.15, 0.2) is 6.61 Å². The summed E-state index contributed by atoms with van der Waals surface area (Å²) in [6, 6.07) is 3.96. The maximum atomic E-state index is 13.3. The molecule has 1 aliphatic rings. The molecule has 13 heteroatoms. The SMILES string of the molecule is CC(C)C[C@H]1NC(=O)Cc2cccc(c2)OCC(=O)NCCCN(C(=O)[C@@H](N)C(C)C)CCCCNC(=O)[C@H]([C@@H](C)O)NC1=O. The molecule has 0 saturated carbocycles. The van der Waals surface area contributed by atoms with Gasteiger partial charge in [0.05, 0.1) is 18.6 Å². The number of hydrogen-bond donors (Lipinski definition) is 6. The summed E-state index contributed by atoms with van der Waals surface area (Å²) in [6.07, 6.45) is 0.715. The van der Waals surface area contributed by atoms with Gasteiger partial charge in [-0.1, -0.05) is 39.8 Å². The molecule has 1 aromatic carbocycles. The molecular formula is C32H52N6O7. The predicted octanol–water partition coefficient (Wildman–Crippen LogP) is 0.233. The first kappa shape index (κ1) is 37.5. The third kappa shape index (κ3) is 13.4. The molecule has 252 valence electrons. The predicted molar refractivity (Wildman–Crippen MR) is 170 cm³/mol. The molecule has 0 aliphatic carbocycles. The standard InChI is InChI=1S/C32H52N6O7/c1-20(2)16-25-30(42)37-29(22(5)39)31(43)35-12-6-7-14-38(32(44)28(33)21(3)4)15-9-13-34-27(41)19-45-24-11-8-10-23(17-24)18-26(40)36-25/h8,10-11,17,20-22,25,28-29,39H,6-7,9,12-16,18-19,33H2,1-5H3,(H,34,41)(H,35,43)(H,36,40)(H,37,42)/t22-,25-,28+,29+/m1/s1. The molecule has 0 unspecified atom stereocenters. The van der Waals surface area contributed by atoms with Crippen molar-refractivity contribution < 1.29 is 33.8 Å².